The summed E-state index contributed by atoms with van der Waals surface area (Å²) in [7, 11) is 0. The molecule has 0 saturated heterocycles. The van der Waals surface area contributed by atoms with Crippen molar-refractivity contribution in [3.05, 3.63) is 23.3 Å². The van der Waals surface area contributed by atoms with Crippen molar-refractivity contribution in [1.29, 1.82) is 0 Å². The van der Waals surface area contributed by atoms with Gasteiger partial charge in [0.15, 0.2) is 24.0 Å². The lowest BCUT2D eigenvalue weighted by Crippen LogP contribution is -2.32. The molecule has 0 N–H and O–H groups in total. The number of hydrogen-bond donors (Lipinski definition) is 0. The van der Waals surface area contributed by atoms with Gasteiger partial charge in [-0.2, -0.15) is 13.2 Å². The SMILES string of the molecule is FC1=C(F)C(F)C(F)C(C(F)(F)F)=C1. The Labute approximate surface area is 73.7 Å². The normalized spacial score (nSPS) is 29.2. The van der Waals surface area contributed by atoms with Crippen molar-refractivity contribution in [2.24, 2.45) is 0 Å². The van der Waals surface area contributed by atoms with Crippen LogP contribution in [0.4, 0.5) is 30.7 Å². The highest BCUT2D eigenvalue weighted by molar-refractivity contribution is 5.35. The lowest BCUT2D eigenvalue weighted by Gasteiger charge is -2.21. The fourth-order valence-corrected chi connectivity index (χ4v) is 0.941. The predicted molar refractivity (Wildman–Crippen MR) is 33.2 cm³/mol. The van der Waals surface area contributed by atoms with Crippen molar-refractivity contribution < 1.29 is 30.7 Å². The van der Waals surface area contributed by atoms with Crippen LogP contribution in [0.5, 0.6) is 0 Å². The minimum atomic E-state index is -5.21. The van der Waals surface area contributed by atoms with Gasteiger partial charge >= 0.3 is 6.18 Å². The maximum absolute atomic E-state index is 12.6. The molecule has 0 bridgehead atoms. The van der Waals surface area contributed by atoms with E-state index >= 15 is 0 Å². The fourth-order valence-electron chi connectivity index (χ4n) is 0.941. The third kappa shape index (κ3) is 1.76. The number of halogens is 7. The van der Waals surface area contributed by atoms with E-state index in [4.69, 9.17) is 0 Å². The van der Waals surface area contributed by atoms with E-state index in [0.717, 1.165) is 0 Å². The summed E-state index contributed by atoms with van der Waals surface area (Å²) in [6.45, 7) is 0. The fraction of sp³-hybridized carbons (Fsp3) is 0.429. The van der Waals surface area contributed by atoms with E-state index in [1.165, 1.54) is 0 Å². The van der Waals surface area contributed by atoms with Gasteiger partial charge < -0.3 is 0 Å². The van der Waals surface area contributed by atoms with Gasteiger partial charge in [0.1, 0.15) is 0 Å². The van der Waals surface area contributed by atoms with Crippen molar-refractivity contribution in [3.63, 3.8) is 0 Å². The van der Waals surface area contributed by atoms with Crippen LogP contribution in [0, 0.1) is 0 Å². The smallest absolute Gasteiger partial charge is 0.239 e. The molecule has 0 amide bonds. The maximum atomic E-state index is 12.6. The molecular formula is C7H3F7. The van der Waals surface area contributed by atoms with Gasteiger partial charge in [0, 0.05) is 0 Å². The zero-order chi connectivity index (χ0) is 11.1. The minimum Gasteiger partial charge on any atom is -0.239 e. The molecule has 80 valence electrons. The number of alkyl halides is 5. The second kappa shape index (κ2) is 3.29. The molecule has 7 heteroatoms. The molecule has 0 radical (unpaired) electrons. The minimum absolute atomic E-state index is 0.379. The summed E-state index contributed by atoms with van der Waals surface area (Å²) in [5.41, 5.74) is -2.05. The van der Waals surface area contributed by atoms with Gasteiger partial charge in [-0.25, -0.2) is 17.6 Å². The second-order valence-electron chi connectivity index (χ2n) is 2.60. The molecule has 2 atom stereocenters. The quantitative estimate of drug-likeness (QED) is 0.549. The van der Waals surface area contributed by atoms with E-state index in [-0.39, 0.29) is 6.08 Å². The largest absolute Gasteiger partial charge is 0.415 e. The molecule has 2 unspecified atom stereocenters. The Balaban J connectivity index is 3.15. The molecule has 14 heavy (non-hydrogen) atoms. The van der Waals surface area contributed by atoms with Gasteiger partial charge in [0.2, 0.25) is 0 Å². The van der Waals surface area contributed by atoms with Crippen LogP contribution in [0.25, 0.3) is 0 Å². The summed E-state index contributed by atoms with van der Waals surface area (Å²) in [6, 6.07) is 0. The summed E-state index contributed by atoms with van der Waals surface area (Å²) in [6.07, 6.45) is -12.0. The van der Waals surface area contributed by atoms with Crippen molar-refractivity contribution in [2.45, 2.75) is 18.5 Å². The molecule has 1 rings (SSSR count). The predicted octanol–water partition coefficient (Wildman–Crippen LogP) is 3.32. The van der Waals surface area contributed by atoms with Crippen molar-refractivity contribution >= 4 is 0 Å². The molecular weight excluding hydrogens is 217 g/mol. The molecule has 0 spiro atoms. The highest BCUT2D eigenvalue weighted by Crippen LogP contribution is 2.39. The van der Waals surface area contributed by atoms with E-state index in [2.05, 4.69) is 0 Å². The van der Waals surface area contributed by atoms with Crippen LogP contribution in [-0.2, 0) is 0 Å². The second-order valence-corrected chi connectivity index (χ2v) is 2.60. The molecule has 1 aliphatic carbocycles. The van der Waals surface area contributed by atoms with Crippen LogP contribution >= 0.6 is 0 Å². The van der Waals surface area contributed by atoms with Crippen LogP contribution in [0.2, 0.25) is 0 Å². The van der Waals surface area contributed by atoms with E-state index in [0.29, 0.717) is 0 Å². The Morgan fingerprint density at radius 1 is 1.00 bits per heavy atom. The Kier molecular flexibility index (Phi) is 2.60. The maximum Gasteiger partial charge on any atom is 0.415 e. The first kappa shape index (κ1) is 11.1. The molecule has 0 heterocycles. The van der Waals surface area contributed by atoms with Gasteiger partial charge in [0.25, 0.3) is 0 Å². The van der Waals surface area contributed by atoms with Crippen molar-refractivity contribution in [1.82, 2.24) is 0 Å². The highest BCUT2D eigenvalue weighted by atomic mass is 19.4. The van der Waals surface area contributed by atoms with Crippen LogP contribution in [0.15, 0.2) is 23.3 Å². The Hall–Kier alpha value is -1.01. The third-order valence-corrected chi connectivity index (χ3v) is 1.63. The summed E-state index contributed by atoms with van der Waals surface area (Å²) in [4.78, 5) is 0. The molecule has 1 aliphatic rings. The number of hydrogen-bond acceptors (Lipinski definition) is 0. The number of allylic oxidation sites excluding steroid dienone is 4. The molecule has 0 nitrogen and oxygen atoms in total. The Morgan fingerprint density at radius 2 is 1.50 bits per heavy atom. The summed E-state index contributed by atoms with van der Waals surface area (Å²) in [5.74, 6) is -4.18. The van der Waals surface area contributed by atoms with Gasteiger partial charge in [-0.05, 0) is 6.08 Å². The zero-order valence-corrected chi connectivity index (χ0v) is 6.38. The molecule has 0 saturated carbocycles. The summed E-state index contributed by atoms with van der Waals surface area (Å²) in [5, 5.41) is 0. The van der Waals surface area contributed by atoms with Crippen LogP contribution in [-0.4, -0.2) is 18.5 Å². The van der Waals surface area contributed by atoms with Crippen LogP contribution < -0.4 is 0 Å². The average Bonchev–Trinajstić information content (AvgIpc) is 2.06. The van der Waals surface area contributed by atoms with E-state index in [1.54, 1.807) is 0 Å². The van der Waals surface area contributed by atoms with Gasteiger partial charge in [-0.1, -0.05) is 0 Å². The molecule has 0 aromatic rings. The standard InChI is InChI=1S/C7H3F7/c8-3-1-2(7(12,13)14)4(9)6(11)5(3)10/h1,4,6H. The van der Waals surface area contributed by atoms with E-state index in [1.807, 2.05) is 0 Å². The molecule has 0 fully saturated rings. The first-order chi connectivity index (χ1) is 6.25. The van der Waals surface area contributed by atoms with Crippen LogP contribution in [0.3, 0.4) is 0 Å². The Bertz CT molecular complexity index is 298. The first-order valence-electron chi connectivity index (χ1n) is 3.37. The highest BCUT2D eigenvalue weighted by Gasteiger charge is 2.47. The molecule has 0 aliphatic heterocycles. The zero-order valence-electron chi connectivity index (χ0n) is 6.38. The van der Waals surface area contributed by atoms with E-state index < -0.39 is 35.7 Å². The van der Waals surface area contributed by atoms with Gasteiger partial charge in [-0.15, -0.1) is 0 Å². The summed E-state index contributed by atoms with van der Waals surface area (Å²) < 4.78 is 85.2. The van der Waals surface area contributed by atoms with Crippen molar-refractivity contribution in [2.75, 3.05) is 0 Å². The topological polar surface area (TPSA) is 0 Å². The number of rotatable bonds is 0. The molecule has 0 aromatic carbocycles. The van der Waals surface area contributed by atoms with Crippen LogP contribution in [0.1, 0.15) is 0 Å². The monoisotopic (exact) mass is 220 g/mol. The Morgan fingerprint density at radius 3 is 1.93 bits per heavy atom. The van der Waals surface area contributed by atoms with Gasteiger partial charge in [0.05, 0.1) is 5.57 Å². The molecule has 0 aromatic heterocycles. The van der Waals surface area contributed by atoms with Crippen molar-refractivity contribution in [3.8, 4) is 0 Å². The lowest BCUT2D eigenvalue weighted by atomic mass is 9.99. The summed E-state index contributed by atoms with van der Waals surface area (Å²) >= 11 is 0. The first-order valence-corrected chi connectivity index (χ1v) is 3.37. The third-order valence-electron chi connectivity index (χ3n) is 1.63. The van der Waals surface area contributed by atoms with Gasteiger partial charge in [-0.3, -0.25) is 0 Å². The lowest BCUT2D eigenvalue weighted by molar-refractivity contribution is -0.104. The average molecular weight is 220 g/mol. The van der Waals surface area contributed by atoms with E-state index in [9.17, 15) is 30.7 Å².